The maximum absolute atomic E-state index is 12.4. The molecular formula is C19H31N3O. The van der Waals surface area contributed by atoms with Gasteiger partial charge in [0.05, 0.1) is 0 Å². The van der Waals surface area contributed by atoms with Gasteiger partial charge in [0.2, 0.25) is 0 Å². The van der Waals surface area contributed by atoms with Crippen LogP contribution in [0.15, 0.2) is 24.3 Å². The molecule has 0 saturated carbocycles. The molecule has 128 valence electrons. The second-order valence-electron chi connectivity index (χ2n) is 8.40. The van der Waals surface area contributed by atoms with Crippen LogP contribution in [0, 0.1) is 0 Å². The lowest BCUT2D eigenvalue weighted by Gasteiger charge is -2.42. The molecule has 1 saturated heterocycles. The molecule has 2 rings (SSSR count). The lowest BCUT2D eigenvalue weighted by Crippen LogP contribution is -2.55. The van der Waals surface area contributed by atoms with E-state index in [1.165, 1.54) is 5.56 Å². The summed E-state index contributed by atoms with van der Waals surface area (Å²) in [5, 5.41) is 3.01. The van der Waals surface area contributed by atoms with Gasteiger partial charge in [0, 0.05) is 37.4 Å². The van der Waals surface area contributed by atoms with E-state index < -0.39 is 0 Å². The van der Waals surface area contributed by atoms with Crippen molar-refractivity contribution in [2.45, 2.75) is 52.5 Å². The molecule has 0 atom stereocenters. The summed E-state index contributed by atoms with van der Waals surface area (Å²) >= 11 is 0. The molecule has 0 aliphatic carbocycles. The van der Waals surface area contributed by atoms with Gasteiger partial charge in [-0.2, -0.15) is 0 Å². The Labute approximate surface area is 140 Å². The maximum Gasteiger partial charge on any atom is 0.321 e. The van der Waals surface area contributed by atoms with E-state index in [9.17, 15) is 4.79 Å². The zero-order valence-electron chi connectivity index (χ0n) is 15.4. The molecular weight excluding hydrogens is 286 g/mol. The van der Waals surface area contributed by atoms with Crippen LogP contribution < -0.4 is 5.32 Å². The largest absolute Gasteiger partial charge is 0.322 e. The third kappa shape index (κ3) is 4.71. The van der Waals surface area contributed by atoms with Crippen LogP contribution in [-0.4, -0.2) is 47.5 Å². The molecule has 1 heterocycles. The molecule has 0 spiro atoms. The van der Waals surface area contributed by atoms with Crippen molar-refractivity contribution in [3.63, 3.8) is 0 Å². The molecule has 1 N–H and O–H groups in total. The average Bonchev–Trinajstić information content (AvgIpc) is 2.46. The Hall–Kier alpha value is -1.55. The van der Waals surface area contributed by atoms with Gasteiger partial charge < -0.3 is 10.2 Å². The highest BCUT2D eigenvalue weighted by molar-refractivity contribution is 5.89. The second kappa shape index (κ2) is 6.52. The minimum absolute atomic E-state index is 0.00191. The topological polar surface area (TPSA) is 35.6 Å². The lowest BCUT2D eigenvalue weighted by molar-refractivity contribution is 0.0774. The molecule has 1 aliphatic rings. The number of nitrogens with zero attached hydrogens (tertiary/aromatic N) is 2. The van der Waals surface area contributed by atoms with Gasteiger partial charge in [-0.15, -0.1) is 0 Å². The van der Waals surface area contributed by atoms with E-state index in [1.807, 2.05) is 17.0 Å². The Morgan fingerprint density at radius 3 is 1.87 bits per heavy atom. The van der Waals surface area contributed by atoms with E-state index in [2.05, 4.69) is 63.9 Å². The zero-order valence-corrected chi connectivity index (χ0v) is 15.4. The molecule has 2 amide bonds. The van der Waals surface area contributed by atoms with Crippen molar-refractivity contribution in [2.24, 2.45) is 0 Å². The van der Waals surface area contributed by atoms with Crippen LogP contribution >= 0.6 is 0 Å². The number of rotatable bonds is 1. The summed E-state index contributed by atoms with van der Waals surface area (Å²) < 4.78 is 0. The third-order valence-corrected chi connectivity index (χ3v) is 4.52. The SMILES string of the molecule is CC(C)(C)c1ccc(NC(=O)N2CCN(C(C)(C)C)CC2)cc1. The van der Waals surface area contributed by atoms with Crippen molar-refractivity contribution in [1.29, 1.82) is 0 Å². The Kier molecular flexibility index (Phi) is 5.04. The molecule has 0 unspecified atom stereocenters. The van der Waals surface area contributed by atoms with E-state index in [-0.39, 0.29) is 17.0 Å². The molecule has 1 fully saturated rings. The predicted octanol–water partition coefficient (Wildman–Crippen LogP) is 3.93. The molecule has 23 heavy (non-hydrogen) atoms. The van der Waals surface area contributed by atoms with Crippen LogP contribution in [0.1, 0.15) is 47.1 Å². The smallest absolute Gasteiger partial charge is 0.321 e. The maximum atomic E-state index is 12.4. The molecule has 0 bridgehead atoms. The van der Waals surface area contributed by atoms with E-state index in [4.69, 9.17) is 0 Å². The number of amides is 2. The number of carbonyl (C=O) groups is 1. The van der Waals surface area contributed by atoms with Gasteiger partial charge in [0.1, 0.15) is 0 Å². The fourth-order valence-corrected chi connectivity index (χ4v) is 2.84. The fraction of sp³-hybridized carbons (Fsp3) is 0.632. The van der Waals surface area contributed by atoms with Crippen molar-refractivity contribution in [1.82, 2.24) is 9.80 Å². The van der Waals surface area contributed by atoms with Gasteiger partial charge in [0.25, 0.3) is 0 Å². The van der Waals surface area contributed by atoms with Crippen LogP contribution in [0.3, 0.4) is 0 Å². The highest BCUT2D eigenvalue weighted by atomic mass is 16.2. The molecule has 1 aromatic carbocycles. The Morgan fingerprint density at radius 2 is 1.43 bits per heavy atom. The summed E-state index contributed by atoms with van der Waals surface area (Å²) in [6.45, 7) is 16.7. The average molecular weight is 317 g/mol. The first kappa shape index (κ1) is 17.8. The quantitative estimate of drug-likeness (QED) is 0.852. The molecule has 1 aromatic rings. The van der Waals surface area contributed by atoms with Crippen LogP contribution in [0.25, 0.3) is 0 Å². The Balaban J connectivity index is 1.91. The van der Waals surface area contributed by atoms with Gasteiger partial charge in [-0.25, -0.2) is 4.79 Å². The molecule has 4 nitrogen and oxygen atoms in total. The number of benzene rings is 1. The lowest BCUT2D eigenvalue weighted by atomic mass is 9.87. The minimum atomic E-state index is 0.00191. The van der Waals surface area contributed by atoms with Crippen molar-refractivity contribution < 1.29 is 4.79 Å². The van der Waals surface area contributed by atoms with Crippen LogP contribution in [0.2, 0.25) is 0 Å². The normalized spacial score (nSPS) is 17.2. The van der Waals surface area contributed by atoms with Gasteiger partial charge >= 0.3 is 6.03 Å². The van der Waals surface area contributed by atoms with E-state index in [0.29, 0.717) is 0 Å². The summed E-state index contributed by atoms with van der Waals surface area (Å²) in [6.07, 6.45) is 0. The minimum Gasteiger partial charge on any atom is -0.322 e. The summed E-state index contributed by atoms with van der Waals surface area (Å²) in [5.74, 6) is 0. The Morgan fingerprint density at radius 1 is 0.913 bits per heavy atom. The van der Waals surface area contributed by atoms with Crippen molar-refractivity contribution in [2.75, 3.05) is 31.5 Å². The first-order valence-electron chi connectivity index (χ1n) is 8.49. The fourth-order valence-electron chi connectivity index (χ4n) is 2.84. The standard InChI is InChI=1S/C19H31N3O/c1-18(2,3)15-7-9-16(10-8-15)20-17(23)21-11-13-22(14-12-21)19(4,5)6/h7-10H,11-14H2,1-6H3,(H,20,23). The number of hydrogen-bond donors (Lipinski definition) is 1. The molecule has 0 aromatic heterocycles. The first-order valence-corrected chi connectivity index (χ1v) is 8.49. The summed E-state index contributed by atoms with van der Waals surface area (Å²) in [7, 11) is 0. The summed E-state index contributed by atoms with van der Waals surface area (Å²) in [4.78, 5) is 16.7. The Bertz CT molecular complexity index is 529. The number of urea groups is 1. The van der Waals surface area contributed by atoms with Crippen molar-refractivity contribution >= 4 is 11.7 Å². The van der Waals surface area contributed by atoms with Crippen molar-refractivity contribution in [3.8, 4) is 0 Å². The first-order chi connectivity index (χ1) is 10.6. The number of hydrogen-bond acceptors (Lipinski definition) is 2. The second-order valence-corrected chi connectivity index (χ2v) is 8.40. The van der Waals surface area contributed by atoms with E-state index >= 15 is 0 Å². The number of piperazine rings is 1. The van der Waals surface area contributed by atoms with Gasteiger partial charge in [-0.05, 0) is 43.9 Å². The highest BCUT2D eigenvalue weighted by Crippen LogP contribution is 2.23. The summed E-state index contributed by atoms with van der Waals surface area (Å²) in [6, 6.07) is 8.16. The van der Waals surface area contributed by atoms with E-state index in [0.717, 1.165) is 31.9 Å². The molecule has 4 heteroatoms. The van der Waals surface area contributed by atoms with Gasteiger partial charge in [-0.3, -0.25) is 4.90 Å². The molecule has 1 aliphatic heterocycles. The monoisotopic (exact) mass is 317 g/mol. The highest BCUT2D eigenvalue weighted by Gasteiger charge is 2.27. The van der Waals surface area contributed by atoms with Gasteiger partial charge in [0.15, 0.2) is 0 Å². The van der Waals surface area contributed by atoms with Crippen LogP contribution in [0.4, 0.5) is 10.5 Å². The van der Waals surface area contributed by atoms with Crippen LogP contribution in [0.5, 0.6) is 0 Å². The molecule has 0 radical (unpaired) electrons. The van der Waals surface area contributed by atoms with Crippen molar-refractivity contribution in [3.05, 3.63) is 29.8 Å². The predicted molar refractivity (Wildman–Crippen MR) is 97.1 cm³/mol. The van der Waals surface area contributed by atoms with Crippen LogP contribution in [-0.2, 0) is 5.41 Å². The summed E-state index contributed by atoms with van der Waals surface area (Å²) in [5.41, 5.74) is 2.44. The van der Waals surface area contributed by atoms with E-state index in [1.54, 1.807) is 0 Å². The number of carbonyl (C=O) groups excluding carboxylic acids is 1. The third-order valence-electron chi connectivity index (χ3n) is 4.52. The zero-order chi connectivity index (χ0) is 17.3. The number of anilines is 1. The number of nitrogens with one attached hydrogen (secondary N) is 1. The van der Waals surface area contributed by atoms with Gasteiger partial charge in [-0.1, -0.05) is 32.9 Å².